The molecule has 1 unspecified atom stereocenters. The minimum Gasteiger partial charge on any atom is -0.481 e. The largest absolute Gasteiger partial charge is 0.481 e. The highest BCUT2D eigenvalue weighted by Crippen LogP contribution is 2.30. The standard InChI is InChI=1S/C16H20N2O3/c19-15(11-5-7-17-8-6-11)18-9-12-3-1-2-4-13(12)14(10-18)16(20)21/h1-4,11,14,17H,5-10H2,(H,20,21). The fourth-order valence-corrected chi connectivity index (χ4v) is 3.31. The summed E-state index contributed by atoms with van der Waals surface area (Å²) in [5.41, 5.74) is 1.80. The summed E-state index contributed by atoms with van der Waals surface area (Å²) in [5, 5.41) is 12.7. The summed E-state index contributed by atoms with van der Waals surface area (Å²) in [6.07, 6.45) is 1.68. The van der Waals surface area contributed by atoms with Crippen LogP contribution in [0, 0.1) is 5.92 Å². The lowest BCUT2D eigenvalue weighted by atomic mass is 9.88. The van der Waals surface area contributed by atoms with Gasteiger partial charge in [0, 0.05) is 19.0 Å². The number of carboxylic acid groups (broad SMARTS) is 1. The summed E-state index contributed by atoms with van der Waals surface area (Å²) in [6.45, 7) is 2.55. The number of aliphatic carboxylic acids is 1. The average molecular weight is 288 g/mol. The Morgan fingerprint density at radius 1 is 1.19 bits per heavy atom. The van der Waals surface area contributed by atoms with Crippen LogP contribution in [0.25, 0.3) is 0 Å². The van der Waals surface area contributed by atoms with Crippen LogP contribution in [0.15, 0.2) is 24.3 Å². The molecule has 2 aliphatic rings. The smallest absolute Gasteiger partial charge is 0.312 e. The van der Waals surface area contributed by atoms with Gasteiger partial charge in [-0.3, -0.25) is 9.59 Å². The molecule has 1 aromatic rings. The molecule has 1 atom stereocenters. The van der Waals surface area contributed by atoms with Crippen LogP contribution in [0.5, 0.6) is 0 Å². The number of carbonyl (C=O) groups is 2. The van der Waals surface area contributed by atoms with Crippen LogP contribution in [-0.4, -0.2) is 41.5 Å². The quantitative estimate of drug-likeness (QED) is 0.858. The second-order valence-electron chi connectivity index (χ2n) is 5.83. The van der Waals surface area contributed by atoms with Crippen molar-refractivity contribution in [2.75, 3.05) is 19.6 Å². The summed E-state index contributed by atoms with van der Waals surface area (Å²) in [7, 11) is 0. The Bertz CT molecular complexity index is 552. The van der Waals surface area contributed by atoms with Crippen LogP contribution in [-0.2, 0) is 16.1 Å². The number of benzene rings is 1. The first-order chi connectivity index (χ1) is 10.2. The number of nitrogens with one attached hydrogen (secondary N) is 1. The van der Waals surface area contributed by atoms with E-state index < -0.39 is 11.9 Å². The number of amides is 1. The number of piperidine rings is 1. The van der Waals surface area contributed by atoms with E-state index in [0.29, 0.717) is 6.54 Å². The maximum atomic E-state index is 12.6. The Morgan fingerprint density at radius 2 is 1.90 bits per heavy atom. The van der Waals surface area contributed by atoms with E-state index in [-0.39, 0.29) is 18.4 Å². The van der Waals surface area contributed by atoms with E-state index in [1.54, 1.807) is 4.90 Å². The Labute approximate surface area is 123 Å². The van der Waals surface area contributed by atoms with Gasteiger partial charge in [-0.05, 0) is 37.1 Å². The van der Waals surface area contributed by atoms with Gasteiger partial charge in [0.15, 0.2) is 0 Å². The highest BCUT2D eigenvalue weighted by Gasteiger charge is 2.35. The van der Waals surface area contributed by atoms with E-state index in [2.05, 4.69) is 5.32 Å². The van der Waals surface area contributed by atoms with Gasteiger partial charge in [0.2, 0.25) is 5.91 Å². The minimum atomic E-state index is -0.856. The van der Waals surface area contributed by atoms with E-state index in [1.165, 1.54) is 0 Å². The molecule has 2 aliphatic heterocycles. The van der Waals surface area contributed by atoms with Crippen molar-refractivity contribution in [3.8, 4) is 0 Å². The summed E-state index contributed by atoms with van der Waals surface area (Å²) in [4.78, 5) is 25.9. The number of hydrogen-bond acceptors (Lipinski definition) is 3. The number of fused-ring (bicyclic) bond motifs is 1. The van der Waals surface area contributed by atoms with Crippen molar-refractivity contribution in [3.05, 3.63) is 35.4 Å². The number of carboxylic acids is 1. The van der Waals surface area contributed by atoms with Crippen molar-refractivity contribution >= 4 is 11.9 Å². The number of nitrogens with zero attached hydrogens (tertiary/aromatic N) is 1. The molecule has 0 aromatic heterocycles. The van der Waals surface area contributed by atoms with E-state index in [0.717, 1.165) is 37.1 Å². The Morgan fingerprint density at radius 3 is 2.62 bits per heavy atom. The zero-order valence-corrected chi connectivity index (χ0v) is 11.9. The molecule has 3 rings (SSSR count). The molecule has 2 heterocycles. The van der Waals surface area contributed by atoms with Crippen molar-refractivity contribution in [1.82, 2.24) is 10.2 Å². The predicted octanol–water partition coefficient (Wildman–Crippen LogP) is 1.20. The van der Waals surface area contributed by atoms with Crippen LogP contribution in [0.1, 0.15) is 29.9 Å². The molecule has 0 spiro atoms. The lowest BCUT2D eigenvalue weighted by Gasteiger charge is -2.36. The van der Waals surface area contributed by atoms with Crippen LogP contribution in [0.3, 0.4) is 0 Å². The lowest BCUT2D eigenvalue weighted by molar-refractivity contribution is -0.143. The van der Waals surface area contributed by atoms with Gasteiger partial charge in [-0.25, -0.2) is 0 Å². The van der Waals surface area contributed by atoms with E-state index in [9.17, 15) is 14.7 Å². The first kappa shape index (κ1) is 14.1. The average Bonchev–Trinajstić information content (AvgIpc) is 2.53. The Hall–Kier alpha value is -1.88. The van der Waals surface area contributed by atoms with Gasteiger partial charge >= 0.3 is 5.97 Å². The summed E-state index contributed by atoms with van der Waals surface area (Å²) in [5.74, 6) is -1.32. The third kappa shape index (κ3) is 2.78. The maximum Gasteiger partial charge on any atom is 0.312 e. The van der Waals surface area contributed by atoms with Gasteiger partial charge in [0.1, 0.15) is 0 Å². The topological polar surface area (TPSA) is 69.6 Å². The van der Waals surface area contributed by atoms with Crippen LogP contribution >= 0.6 is 0 Å². The normalized spacial score (nSPS) is 22.7. The Kier molecular flexibility index (Phi) is 3.92. The van der Waals surface area contributed by atoms with E-state index >= 15 is 0 Å². The molecule has 0 saturated carbocycles. The van der Waals surface area contributed by atoms with Crippen LogP contribution < -0.4 is 5.32 Å². The molecule has 1 fully saturated rings. The molecule has 0 aliphatic carbocycles. The minimum absolute atomic E-state index is 0.0333. The predicted molar refractivity (Wildman–Crippen MR) is 77.8 cm³/mol. The molecule has 1 aromatic carbocycles. The fraction of sp³-hybridized carbons (Fsp3) is 0.500. The van der Waals surface area contributed by atoms with Crippen molar-refractivity contribution in [3.63, 3.8) is 0 Å². The zero-order valence-electron chi connectivity index (χ0n) is 11.9. The molecule has 1 amide bonds. The fourth-order valence-electron chi connectivity index (χ4n) is 3.31. The highest BCUT2D eigenvalue weighted by molar-refractivity contribution is 5.83. The van der Waals surface area contributed by atoms with Crippen molar-refractivity contribution < 1.29 is 14.7 Å². The second-order valence-corrected chi connectivity index (χ2v) is 5.83. The summed E-state index contributed by atoms with van der Waals surface area (Å²) in [6, 6.07) is 7.54. The summed E-state index contributed by atoms with van der Waals surface area (Å²) >= 11 is 0. The molecule has 21 heavy (non-hydrogen) atoms. The van der Waals surface area contributed by atoms with Crippen molar-refractivity contribution in [2.45, 2.75) is 25.3 Å². The second kappa shape index (κ2) is 5.85. The molecular formula is C16H20N2O3. The lowest BCUT2D eigenvalue weighted by Crippen LogP contribution is -2.45. The van der Waals surface area contributed by atoms with Crippen molar-refractivity contribution in [2.24, 2.45) is 5.92 Å². The molecule has 5 nitrogen and oxygen atoms in total. The van der Waals surface area contributed by atoms with Crippen LogP contribution in [0.2, 0.25) is 0 Å². The molecule has 1 saturated heterocycles. The third-order valence-electron chi connectivity index (χ3n) is 4.49. The number of hydrogen-bond donors (Lipinski definition) is 2. The first-order valence-corrected chi connectivity index (χ1v) is 7.47. The van der Waals surface area contributed by atoms with Gasteiger partial charge in [0.05, 0.1) is 5.92 Å². The molecule has 5 heteroatoms. The molecule has 112 valence electrons. The first-order valence-electron chi connectivity index (χ1n) is 7.47. The highest BCUT2D eigenvalue weighted by atomic mass is 16.4. The molecule has 0 radical (unpaired) electrons. The van der Waals surface area contributed by atoms with Gasteiger partial charge in [0.25, 0.3) is 0 Å². The zero-order chi connectivity index (χ0) is 14.8. The van der Waals surface area contributed by atoms with Gasteiger partial charge in [-0.15, -0.1) is 0 Å². The third-order valence-corrected chi connectivity index (χ3v) is 4.49. The van der Waals surface area contributed by atoms with E-state index in [4.69, 9.17) is 0 Å². The monoisotopic (exact) mass is 288 g/mol. The number of carbonyl (C=O) groups excluding carboxylic acids is 1. The van der Waals surface area contributed by atoms with Gasteiger partial charge in [-0.2, -0.15) is 0 Å². The summed E-state index contributed by atoms with van der Waals surface area (Å²) < 4.78 is 0. The SMILES string of the molecule is O=C(O)C1CN(C(=O)C2CCNCC2)Cc2ccccc21. The van der Waals surface area contributed by atoms with Gasteiger partial charge in [-0.1, -0.05) is 24.3 Å². The van der Waals surface area contributed by atoms with Crippen molar-refractivity contribution in [1.29, 1.82) is 0 Å². The molecule has 0 bridgehead atoms. The number of rotatable bonds is 2. The van der Waals surface area contributed by atoms with Gasteiger partial charge < -0.3 is 15.3 Å². The maximum absolute atomic E-state index is 12.6. The molecule has 2 N–H and O–H groups in total. The van der Waals surface area contributed by atoms with E-state index in [1.807, 2.05) is 24.3 Å². The molecular weight excluding hydrogens is 268 g/mol. The Balaban J connectivity index is 1.82. The van der Waals surface area contributed by atoms with Crippen LogP contribution in [0.4, 0.5) is 0 Å².